The molecule has 1 aliphatic heterocycles. The number of amides is 1. The number of hydrogen-bond acceptors (Lipinski definition) is 4. The largest absolute Gasteiger partial charge is 0.379 e. The number of carbonyl (C=O) groups is 1. The highest BCUT2D eigenvalue weighted by molar-refractivity contribution is 7.12. The Morgan fingerprint density at radius 1 is 1.26 bits per heavy atom. The SMILES string of the molecule is O=C(NC[C@H](c1ccc(F)cc1)N1CCOCC1)c1cccs1. The van der Waals surface area contributed by atoms with Gasteiger partial charge in [0.15, 0.2) is 0 Å². The summed E-state index contributed by atoms with van der Waals surface area (Å²) in [6, 6.07) is 10.2. The summed E-state index contributed by atoms with van der Waals surface area (Å²) in [6.45, 7) is 3.45. The molecule has 3 rings (SSSR count). The highest BCUT2D eigenvalue weighted by atomic mass is 32.1. The number of halogens is 1. The Kier molecular flexibility index (Phi) is 5.38. The second-order valence-corrected chi connectivity index (χ2v) is 6.35. The van der Waals surface area contributed by atoms with Crippen molar-refractivity contribution >= 4 is 17.2 Å². The molecule has 122 valence electrons. The summed E-state index contributed by atoms with van der Waals surface area (Å²) in [4.78, 5) is 15.1. The van der Waals surface area contributed by atoms with Gasteiger partial charge in [-0.05, 0) is 29.1 Å². The quantitative estimate of drug-likeness (QED) is 0.914. The molecular weight excluding hydrogens is 315 g/mol. The van der Waals surface area contributed by atoms with Gasteiger partial charge in [0, 0.05) is 19.6 Å². The molecule has 0 aliphatic carbocycles. The summed E-state index contributed by atoms with van der Waals surface area (Å²) in [7, 11) is 0. The van der Waals surface area contributed by atoms with Gasteiger partial charge in [-0.2, -0.15) is 0 Å². The maximum Gasteiger partial charge on any atom is 0.261 e. The predicted octanol–water partition coefficient (Wildman–Crippen LogP) is 2.69. The molecule has 0 bridgehead atoms. The van der Waals surface area contributed by atoms with E-state index in [4.69, 9.17) is 4.74 Å². The predicted molar refractivity (Wildman–Crippen MR) is 88.2 cm³/mol. The average Bonchev–Trinajstić information content (AvgIpc) is 3.12. The molecule has 4 nitrogen and oxygen atoms in total. The van der Waals surface area contributed by atoms with Gasteiger partial charge in [0.05, 0.1) is 24.1 Å². The number of benzene rings is 1. The minimum atomic E-state index is -0.253. The Labute approximate surface area is 138 Å². The van der Waals surface area contributed by atoms with Crippen molar-refractivity contribution < 1.29 is 13.9 Å². The van der Waals surface area contributed by atoms with Gasteiger partial charge in [0.25, 0.3) is 5.91 Å². The van der Waals surface area contributed by atoms with E-state index in [2.05, 4.69) is 10.2 Å². The zero-order chi connectivity index (χ0) is 16.1. The van der Waals surface area contributed by atoms with Crippen LogP contribution in [0.1, 0.15) is 21.3 Å². The molecule has 1 aromatic heterocycles. The van der Waals surface area contributed by atoms with E-state index >= 15 is 0 Å². The Bertz CT molecular complexity index is 625. The van der Waals surface area contributed by atoms with E-state index in [0.717, 1.165) is 18.7 Å². The Morgan fingerprint density at radius 3 is 2.65 bits per heavy atom. The molecule has 0 radical (unpaired) electrons. The van der Waals surface area contributed by atoms with Crippen LogP contribution in [0.5, 0.6) is 0 Å². The smallest absolute Gasteiger partial charge is 0.261 e. The third kappa shape index (κ3) is 4.16. The lowest BCUT2D eigenvalue weighted by Gasteiger charge is -2.34. The standard InChI is InChI=1S/C17H19FN2O2S/c18-14-5-3-13(4-6-14)15(20-7-9-22-10-8-20)12-19-17(21)16-2-1-11-23-16/h1-6,11,15H,7-10,12H2,(H,19,21)/t15-/m1/s1. The number of nitrogens with one attached hydrogen (secondary N) is 1. The molecule has 1 saturated heterocycles. The van der Waals surface area contributed by atoms with Crippen LogP contribution in [0.15, 0.2) is 41.8 Å². The molecule has 1 N–H and O–H groups in total. The van der Waals surface area contributed by atoms with Crippen LogP contribution in [0, 0.1) is 5.82 Å². The van der Waals surface area contributed by atoms with Gasteiger partial charge in [0.2, 0.25) is 0 Å². The van der Waals surface area contributed by atoms with Crippen molar-refractivity contribution in [2.24, 2.45) is 0 Å². The summed E-state index contributed by atoms with van der Waals surface area (Å²) < 4.78 is 18.6. The summed E-state index contributed by atoms with van der Waals surface area (Å²) in [6.07, 6.45) is 0. The zero-order valence-electron chi connectivity index (χ0n) is 12.7. The van der Waals surface area contributed by atoms with Gasteiger partial charge in [0.1, 0.15) is 5.82 Å². The first-order valence-electron chi connectivity index (χ1n) is 7.63. The van der Waals surface area contributed by atoms with Crippen LogP contribution < -0.4 is 5.32 Å². The lowest BCUT2D eigenvalue weighted by Crippen LogP contribution is -2.43. The summed E-state index contributed by atoms with van der Waals surface area (Å²) in [5.74, 6) is -0.322. The fraction of sp³-hybridized carbons (Fsp3) is 0.353. The molecule has 1 amide bonds. The van der Waals surface area contributed by atoms with Gasteiger partial charge >= 0.3 is 0 Å². The van der Waals surface area contributed by atoms with Gasteiger partial charge < -0.3 is 10.1 Å². The number of rotatable bonds is 5. The first-order chi connectivity index (χ1) is 11.2. The van der Waals surface area contributed by atoms with Crippen molar-refractivity contribution in [2.75, 3.05) is 32.8 Å². The van der Waals surface area contributed by atoms with Crippen molar-refractivity contribution in [3.05, 3.63) is 58.0 Å². The lowest BCUT2D eigenvalue weighted by molar-refractivity contribution is 0.0162. The van der Waals surface area contributed by atoms with E-state index in [0.29, 0.717) is 24.6 Å². The molecule has 0 saturated carbocycles. The van der Waals surface area contributed by atoms with Crippen LogP contribution in [-0.2, 0) is 4.74 Å². The van der Waals surface area contributed by atoms with Crippen molar-refractivity contribution in [3.8, 4) is 0 Å². The molecule has 0 unspecified atom stereocenters. The maximum atomic E-state index is 13.2. The molecule has 1 atom stereocenters. The van der Waals surface area contributed by atoms with Crippen molar-refractivity contribution in [1.82, 2.24) is 10.2 Å². The molecular formula is C17H19FN2O2S. The fourth-order valence-electron chi connectivity index (χ4n) is 2.72. The topological polar surface area (TPSA) is 41.6 Å². The third-order valence-electron chi connectivity index (χ3n) is 3.94. The minimum absolute atomic E-state index is 0.0170. The summed E-state index contributed by atoms with van der Waals surface area (Å²) >= 11 is 1.42. The van der Waals surface area contributed by atoms with E-state index in [1.54, 1.807) is 12.1 Å². The first-order valence-corrected chi connectivity index (χ1v) is 8.51. The van der Waals surface area contributed by atoms with Crippen molar-refractivity contribution in [2.45, 2.75) is 6.04 Å². The second kappa shape index (κ2) is 7.68. The van der Waals surface area contributed by atoms with Crippen LogP contribution in [-0.4, -0.2) is 43.7 Å². The van der Waals surface area contributed by atoms with E-state index < -0.39 is 0 Å². The fourth-order valence-corrected chi connectivity index (χ4v) is 3.36. The molecule has 6 heteroatoms. The number of carbonyl (C=O) groups excluding carboxylic acids is 1. The Hall–Kier alpha value is -1.76. The number of hydrogen-bond donors (Lipinski definition) is 1. The first kappa shape index (κ1) is 16.1. The van der Waals surface area contributed by atoms with E-state index in [1.165, 1.54) is 23.5 Å². The molecule has 1 aliphatic rings. The normalized spacial score (nSPS) is 16.9. The lowest BCUT2D eigenvalue weighted by atomic mass is 10.0. The maximum absolute atomic E-state index is 13.2. The van der Waals surface area contributed by atoms with Crippen LogP contribution in [0.3, 0.4) is 0 Å². The highest BCUT2D eigenvalue weighted by Gasteiger charge is 2.23. The van der Waals surface area contributed by atoms with E-state index in [1.807, 2.05) is 17.5 Å². The number of nitrogens with zero attached hydrogens (tertiary/aromatic N) is 1. The molecule has 0 spiro atoms. The van der Waals surface area contributed by atoms with Crippen LogP contribution in [0.25, 0.3) is 0 Å². The van der Waals surface area contributed by atoms with Gasteiger partial charge in [-0.15, -0.1) is 11.3 Å². The minimum Gasteiger partial charge on any atom is -0.379 e. The number of ether oxygens (including phenoxy) is 1. The molecule has 23 heavy (non-hydrogen) atoms. The summed E-state index contributed by atoms with van der Waals surface area (Å²) in [5.41, 5.74) is 1.000. The zero-order valence-corrected chi connectivity index (χ0v) is 13.5. The second-order valence-electron chi connectivity index (χ2n) is 5.40. The molecule has 2 heterocycles. The van der Waals surface area contributed by atoms with E-state index in [9.17, 15) is 9.18 Å². The molecule has 1 aromatic carbocycles. The highest BCUT2D eigenvalue weighted by Crippen LogP contribution is 2.22. The third-order valence-corrected chi connectivity index (χ3v) is 4.81. The van der Waals surface area contributed by atoms with E-state index in [-0.39, 0.29) is 17.8 Å². The summed E-state index contributed by atoms with van der Waals surface area (Å²) in [5, 5.41) is 4.87. The van der Waals surface area contributed by atoms with Crippen LogP contribution >= 0.6 is 11.3 Å². The monoisotopic (exact) mass is 334 g/mol. The van der Waals surface area contributed by atoms with Gasteiger partial charge in [-0.25, -0.2) is 4.39 Å². The van der Waals surface area contributed by atoms with Crippen LogP contribution in [0.2, 0.25) is 0 Å². The van der Waals surface area contributed by atoms with Gasteiger partial charge in [-0.3, -0.25) is 9.69 Å². The molecule has 1 fully saturated rings. The van der Waals surface area contributed by atoms with Crippen LogP contribution in [0.4, 0.5) is 4.39 Å². The van der Waals surface area contributed by atoms with Crippen molar-refractivity contribution in [1.29, 1.82) is 0 Å². The number of thiophene rings is 1. The van der Waals surface area contributed by atoms with Gasteiger partial charge in [-0.1, -0.05) is 18.2 Å². The van der Waals surface area contributed by atoms with Crippen molar-refractivity contribution in [3.63, 3.8) is 0 Å². The molecule has 2 aromatic rings. The Balaban J connectivity index is 1.72. The average molecular weight is 334 g/mol. The number of morpholine rings is 1. The Morgan fingerprint density at radius 2 is 2.00 bits per heavy atom.